The molecule has 0 radical (unpaired) electrons. The van der Waals surface area contributed by atoms with Crippen molar-refractivity contribution in [3.63, 3.8) is 0 Å². The molecule has 0 saturated carbocycles. The molecule has 126 valence electrons. The third-order valence-electron chi connectivity index (χ3n) is 4.64. The summed E-state index contributed by atoms with van der Waals surface area (Å²) >= 11 is 0. The molecule has 5 heteroatoms. The normalized spacial score (nSPS) is 13.3. The predicted octanol–water partition coefficient (Wildman–Crippen LogP) is 3.56. The van der Waals surface area contributed by atoms with Gasteiger partial charge in [-0.1, -0.05) is 37.3 Å². The van der Waals surface area contributed by atoms with Gasteiger partial charge in [-0.05, 0) is 48.1 Å². The highest BCUT2D eigenvalue weighted by molar-refractivity contribution is 7.89. The van der Waals surface area contributed by atoms with E-state index >= 15 is 0 Å². The first-order valence-electron chi connectivity index (χ1n) is 8.06. The van der Waals surface area contributed by atoms with E-state index in [9.17, 15) is 8.42 Å². The van der Waals surface area contributed by atoms with Crippen LogP contribution in [0.25, 0.3) is 10.9 Å². The first kappa shape index (κ1) is 16.7. The highest BCUT2D eigenvalue weighted by Crippen LogP contribution is 2.31. The summed E-state index contributed by atoms with van der Waals surface area (Å²) in [6.45, 7) is 2.08. The number of nitrogens with zero attached hydrogens (tertiary/aromatic N) is 1. The van der Waals surface area contributed by atoms with Gasteiger partial charge >= 0.3 is 0 Å². The van der Waals surface area contributed by atoms with E-state index in [0.29, 0.717) is 0 Å². The number of fused-ring (bicyclic) bond motifs is 1. The van der Waals surface area contributed by atoms with Gasteiger partial charge in [0.05, 0.1) is 4.90 Å². The summed E-state index contributed by atoms with van der Waals surface area (Å²) in [5.74, 6) is 0.102. The fourth-order valence-electron chi connectivity index (χ4n) is 3.36. The SMILES string of the molecule is CC[C@@H](Cc1cccc2c1ccn2C)c1ccccc1S(N)(=O)=O. The maximum absolute atomic E-state index is 11.9. The molecule has 0 aliphatic carbocycles. The first-order chi connectivity index (χ1) is 11.4. The van der Waals surface area contributed by atoms with E-state index in [2.05, 4.69) is 35.8 Å². The van der Waals surface area contributed by atoms with E-state index < -0.39 is 10.0 Å². The molecule has 24 heavy (non-hydrogen) atoms. The molecule has 0 unspecified atom stereocenters. The van der Waals surface area contributed by atoms with Crippen molar-refractivity contribution in [2.24, 2.45) is 12.2 Å². The van der Waals surface area contributed by atoms with Crippen molar-refractivity contribution in [2.45, 2.75) is 30.6 Å². The number of hydrogen-bond acceptors (Lipinski definition) is 2. The van der Waals surface area contributed by atoms with Crippen LogP contribution in [0.2, 0.25) is 0 Å². The van der Waals surface area contributed by atoms with Gasteiger partial charge in [0, 0.05) is 24.1 Å². The summed E-state index contributed by atoms with van der Waals surface area (Å²) in [4.78, 5) is 0.233. The lowest BCUT2D eigenvalue weighted by atomic mass is 9.89. The molecule has 0 saturated heterocycles. The average molecular weight is 342 g/mol. The van der Waals surface area contributed by atoms with Crippen LogP contribution in [0, 0.1) is 0 Å². The van der Waals surface area contributed by atoms with Crippen LogP contribution in [0.1, 0.15) is 30.4 Å². The van der Waals surface area contributed by atoms with Crippen molar-refractivity contribution in [3.8, 4) is 0 Å². The molecule has 0 spiro atoms. The topological polar surface area (TPSA) is 65.1 Å². The number of nitrogens with two attached hydrogens (primary N) is 1. The number of sulfonamides is 1. The van der Waals surface area contributed by atoms with Crippen LogP contribution in [-0.4, -0.2) is 13.0 Å². The van der Waals surface area contributed by atoms with Gasteiger partial charge in [0.2, 0.25) is 10.0 Å². The molecule has 3 rings (SSSR count). The first-order valence-corrected chi connectivity index (χ1v) is 9.61. The standard InChI is InChI=1S/C19H22N2O2S/c1-3-14(17-8-4-5-10-19(17)24(20,22)23)13-15-7-6-9-18-16(15)11-12-21(18)2/h4-12,14H,3,13H2,1-2H3,(H2,20,22,23)/t14-/m0/s1. The van der Waals surface area contributed by atoms with E-state index in [4.69, 9.17) is 5.14 Å². The lowest BCUT2D eigenvalue weighted by molar-refractivity contribution is 0.590. The van der Waals surface area contributed by atoms with E-state index in [1.165, 1.54) is 16.5 Å². The van der Waals surface area contributed by atoms with Crippen molar-refractivity contribution in [2.75, 3.05) is 0 Å². The van der Waals surface area contributed by atoms with Crippen molar-refractivity contribution in [1.82, 2.24) is 4.57 Å². The van der Waals surface area contributed by atoms with Gasteiger partial charge in [-0.2, -0.15) is 0 Å². The summed E-state index contributed by atoms with van der Waals surface area (Å²) in [5, 5.41) is 6.62. The third kappa shape index (κ3) is 3.09. The second-order valence-corrected chi connectivity index (χ2v) is 7.70. The fraction of sp³-hybridized carbons (Fsp3) is 0.263. The summed E-state index contributed by atoms with van der Waals surface area (Å²) in [5.41, 5.74) is 3.21. The van der Waals surface area contributed by atoms with Crippen LogP contribution in [0.4, 0.5) is 0 Å². The largest absolute Gasteiger partial charge is 0.351 e. The molecule has 1 aromatic heterocycles. The number of benzene rings is 2. The molecule has 1 atom stereocenters. The zero-order chi connectivity index (χ0) is 17.3. The Bertz CT molecular complexity index is 974. The van der Waals surface area contributed by atoms with E-state index in [0.717, 1.165) is 18.4 Å². The Morgan fingerprint density at radius 1 is 1.08 bits per heavy atom. The molecular weight excluding hydrogens is 320 g/mol. The molecule has 0 amide bonds. The highest BCUT2D eigenvalue weighted by Gasteiger charge is 2.20. The molecule has 3 aromatic rings. The predicted molar refractivity (Wildman–Crippen MR) is 97.5 cm³/mol. The molecule has 2 aromatic carbocycles. The Kier molecular flexibility index (Phi) is 4.47. The summed E-state index contributed by atoms with van der Waals surface area (Å²) in [7, 11) is -1.70. The average Bonchev–Trinajstić information content (AvgIpc) is 2.94. The van der Waals surface area contributed by atoms with Crippen LogP contribution < -0.4 is 5.14 Å². The highest BCUT2D eigenvalue weighted by atomic mass is 32.2. The van der Waals surface area contributed by atoms with Gasteiger partial charge in [0.15, 0.2) is 0 Å². The van der Waals surface area contributed by atoms with Gasteiger partial charge in [-0.15, -0.1) is 0 Å². The lowest BCUT2D eigenvalue weighted by Crippen LogP contribution is -2.16. The molecule has 2 N–H and O–H groups in total. The smallest absolute Gasteiger partial charge is 0.238 e. The second-order valence-electron chi connectivity index (χ2n) is 6.17. The molecule has 1 heterocycles. The van der Waals surface area contributed by atoms with Gasteiger partial charge in [-0.3, -0.25) is 0 Å². The van der Waals surface area contributed by atoms with E-state index in [1.54, 1.807) is 12.1 Å². The van der Waals surface area contributed by atoms with E-state index in [-0.39, 0.29) is 10.8 Å². The molecular formula is C19H22N2O2S. The fourth-order valence-corrected chi connectivity index (χ4v) is 4.19. The Hall–Kier alpha value is -2.11. The zero-order valence-corrected chi connectivity index (χ0v) is 14.8. The van der Waals surface area contributed by atoms with Gasteiger partial charge < -0.3 is 4.57 Å². The minimum atomic E-state index is -3.72. The molecule has 4 nitrogen and oxygen atoms in total. The monoisotopic (exact) mass is 342 g/mol. The van der Waals surface area contributed by atoms with Crippen molar-refractivity contribution in [3.05, 3.63) is 65.9 Å². The van der Waals surface area contributed by atoms with E-state index in [1.807, 2.05) is 25.4 Å². The number of hydrogen-bond donors (Lipinski definition) is 1. The number of primary sulfonamides is 1. The van der Waals surface area contributed by atoms with Crippen LogP contribution in [0.5, 0.6) is 0 Å². The quantitative estimate of drug-likeness (QED) is 0.770. The summed E-state index contributed by atoms with van der Waals surface area (Å²) < 4.78 is 25.9. The van der Waals surface area contributed by atoms with Crippen LogP contribution >= 0.6 is 0 Å². The van der Waals surface area contributed by atoms with Crippen LogP contribution in [0.3, 0.4) is 0 Å². The molecule has 0 aliphatic heterocycles. The second kappa shape index (κ2) is 6.42. The number of aryl methyl sites for hydroxylation is 1. The minimum absolute atomic E-state index is 0.102. The third-order valence-corrected chi connectivity index (χ3v) is 5.63. The molecule has 0 fully saturated rings. The Balaban J connectivity index is 2.05. The summed E-state index contributed by atoms with van der Waals surface area (Å²) in [6.07, 6.45) is 3.67. The van der Waals surface area contributed by atoms with Crippen molar-refractivity contribution in [1.29, 1.82) is 0 Å². The Morgan fingerprint density at radius 2 is 1.83 bits per heavy atom. The van der Waals surface area contributed by atoms with Crippen molar-refractivity contribution >= 4 is 20.9 Å². The lowest BCUT2D eigenvalue weighted by Gasteiger charge is -2.19. The Morgan fingerprint density at radius 3 is 2.54 bits per heavy atom. The van der Waals surface area contributed by atoms with Crippen LogP contribution in [-0.2, 0) is 23.5 Å². The molecule has 0 aliphatic rings. The Labute approximate surface area is 143 Å². The minimum Gasteiger partial charge on any atom is -0.351 e. The maximum atomic E-state index is 11.9. The van der Waals surface area contributed by atoms with Gasteiger partial charge in [0.25, 0.3) is 0 Å². The number of rotatable bonds is 5. The zero-order valence-electron chi connectivity index (χ0n) is 13.9. The summed E-state index contributed by atoms with van der Waals surface area (Å²) in [6, 6.07) is 15.4. The van der Waals surface area contributed by atoms with Gasteiger partial charge in [-0.25, -0.2) is 13.6 Å². The molecule has 0 bridgehead atoms. The van der Waals surface area contributed by atoms with Crippen LogP contribution in [0.15, 0.2) is 59.6 Å². The number of aromatic nitrogens is 1. The van der Waals surface area contributed by atoms with Crippen molar-refractivity contribution < 1.29 is 8.42 Å². The van der Waals surface area contributed by atoms with Gasteiger partial charge in [0.1, 0.15) is 0 Å². The maximum Gasteiger partial charge on any atom is 0.238 e.